The number of hydrogen-bond acceptors (Lipinski definition) is 6. The van der Waals surface area contributed by atoms with Gasteiger partial charge in [0.1, 0.15) is 6.61 Å². The lowest BCUT2D eigenvalue weighted by Crippen LogP contribution is -2.46. The maximum absolute atomic E-state index is 11.8. The molecule has 1 saturated heterocycles. The Morgan fingerprint density at radius 2 is 1.86 bits per heavy atom. The number of hydrogen-bond donors (Lipinski definition) is 1. The molecule has 0 aliphatic carbocycles. The van der Waals surface area contributed by atoms with E-state index >= 15 is 0 Å². The minimum atomic E-state index is -0.556. The molecule has 3 rings (SSSR count). The number of ether oxygens (including phenoxy) is 3. The van der Waals surface area contributed by atoms with Crippen LogP contribution in [0.5, 0.6) is 0 Å². The molecule has 1 aliphatic rings. The average Bonchev–Trinajstić information content (AvgIpc) is 2.78. The molecule has 1 unspecified atom stereocenters. The summed E-state index contributed by atoms with van der Waals surface area (Å²) in [6.07, 6.45) is -0.276. The van der Waals surface area contributed by atoms with Crippen LogP contribution in [0.2, 0.25) is 0 Å². The van der Waals surface area contributed by atoms with Gasteiger partial charge in [0, 0.05) is 18.8 Å². The zero-order chi connectivity index (χ0) is 20.5. The predicted molar refractivity (Wildman–Crippen MR) is 109 cm³/mol. The second-order valence-corrected chi connectivity index (χ2v) is 6.73. The molecule has 0 aromatic heterocycles. The SMILES string of the molecule is COC(=O)C1CN(c2ccc(CCNC(=O)OCc3ccccc3)cc2)CCO1. The molecule has 1 heterocycles. The van der Waals surface area contributed by atoms with Crippen LogP contribution in [-0.2, 0) is 32.0 Å². The number of rotatable bonds is 7. The molecule has 0 spiro atoms. The third kappa shape index (κ3) is 6.22. The highest BCUT2D eigenvalue weighted by Crippen LogP contribution is 2.19. The van der Waals surface area contributed by atoms with Gasteiger partial charge in [-0.2, -0.15) is 0 Å². The highest BCUT2D eigenvalue weighted by Gasteiger charge is 2.27. The number of carbonyl (C=O) groups excluding carboxylic acids is 2. The van der Waals surface area contributed by atoms with Crippen LogP contribution in [0.1, 0.15) is 11.1 Å². The number of amides is 1. The molecule has 0 saturated carbocycles. The minimum Gasteiger partial charge on any atom is -0.467 e. The number of alkyl carbamates (subject to hydrolysis) is 1. The molecule has 29 heavy (non-hydrogen) atoms. The van der Waals surface area contributed by atoms with E-state index in [4.69, 9.17) is 14.2 Å². The fourth-order valence-corrected chi connectivity index (χ4v) is 3.11. The van der Waals surface area contributed by atoms with Crippen LogP contribution in [-0.4, -0.2) is 51.5 Å². The van der Waals surface area contributed by atoms with Crippen molar-refractivity contribution in [3.05, 3.63) is 65.7 Å². The van der Waals surface area contributed by atoms with E-state index < -0.39 is 12.2 Å². The van der Waals surface area contributed by atoms with E-state index in [9.17, 15) is 9.59 Å². The van der Waals surface area contributed by atoms with Gasteiger partial charge in [-0.05, 0) is 29.7 Å². The summed E-state index contributed by atoms with van der Waals surface area (Å²) in [6, 6.07) is 17.6. The van der Waals surface area contributed by atoms with Gasteiger partial charge in [0.25, 0.3) is 0 Å². The van der Waals surface area contributed by atoms with E-state index in [1.165, 1.54) is 7.11 Å². The summed E-state index contributed by atoms with van der Waals surface area (Å²) in [4.78, 5) is 25.6. The molecular formula is C22H26N2O5. The summed E-state index contributed by atoms with van der Waals surface area (Å²) in [5.41, 5.74) is 3.09. The van der Waals surface area contributed by atoms with Gasteiger partial charge in [-0.15, -0.1) is 0 Å². The van der Waals surface area contributed by atoms with Gasteiger partial charge in [0.15, 0.2) is 6.10 Å². The van der Waals surface area contributed by atoms with E-state index in [1.54, 1.807) is 0 Å². The lowest BCUT2D eigenvalue weighted by atomic mass is 10.1. The van der Waals surface area contributed by atoms with E-state index in [2.05, 4.69) is 10.2 Å². The van der Waals surface area contributed by atoms with Crippen molar-refractivity contribution in [3.63, 3.8) is 0 Å². The summed E-state index contributed by atoms with van der Waals surface area (Å²) >= 11 is 0. The Balaban J connectivity index is 1.41. The Hall–Kier alpha value is -3.06. The van der Waals surface area contributed by atoms with Crippen molar-refractivity contribution >= 4 is 17.7 Å². The van der Waals surface area contributed by atoms with Gasteiger partial charge in [0.2, 0.25) is 0 Å². The predicted octanol–water partition coefficient (Wildman–Crippen LogP) is 2.53. The molecular weight excluding hydrogens is 372 g/mol. The van der Waals surface area contributed by atoms with Crippen LogP contribution < -0.4 is 10.2 Å². The van der Waals surface area contributed by atoms with Crippen molar-refractivity contribution in [1.82, 2.24) is 5.32 Å². The molecule has 0 bridgehead atoms. The summed E-state index contributed by atoms with van der Waals surface area (Å²) in [6.45, 7) is 2.43. The van der Waals surface area contributed by atoms with Gasteiger partial charge in [0.05, 0.1) is 20.3 Å². The minimum absolute atomic E-state index is 0.257. The Morgan fingerprint density at radius 1 is 1.10 bits per heavy atom. The zero-order valence-electron chi connectivity index (χ0n) is 16.5. The first kappa shape index (κ1) is 20.7. The second kappa shape index (κ2) is 10.5. The van der Waals surface area contributed by atoms with E-state index in [1.807, 2.05) is 54.6 Å². The fraction of sp³-hybridized carbons (Fsp3) is 0.364. The fourth-order valence-electron chi connectivity index (χ4n) is 3.11. The quantitative estimate of drug-likeness (QED) is 0.723. The smallest absolute Gasteiger partial charge is 0.407 e. The zero-order valence-corrected chi connectivity index (χ0v) is 16.5. The lowest BCUT2D eigenvalue weighted by molar-refractivity contribution is -0.154. The molecule has 1 aliphatic heterocycles. The molecule has 2 aromatic carbocycles. The third-order valence-corrected chi connectivity index (χ3v) is 4.73. The molecule has 7 heteroatoms. The summed E-state index contributed by atoms with van der Waals surface area (Å²) < 4.78 is 15.4. The van der Waals surface area contributed by atoms with Crippen LogP contribution in [0.3, 0.4) is 0 Å². The van der Waals surface area contributed by atoms with Crippen molar-refractivity contribution in [2.24, 2.45) is 0 Å². The summed E-state index contributed by atoms with van der Waals surface area (Å²) in [7, 11) is 1.37. The Labute approximate surface area is 170 Å². The first-order valence-electron chi connectivity index (χ1n) is 9.63. The number of esters is 1. The van der Waals surface area contributed by atoms with Crippen molar-refractivity contribution < 1.29 is 23.8 Å². The number of nitrogens with zero attached hydrogens (tertiary/aromatic N) is 1. The molecule has 0 radical (unpaired) electrons. The summed E-state index contributed by atoms with van der Waals surface area (Å²) in [5.74, 6) is -0.350. The summed E-state index contributed by atoms with van der Waals surface area (Å²) in [5, 5.41) is 2.76. The molecule has 1 amide bonds. The standard InChI is InChI=1S/C22H26N2O5/c1-27-21(25)20-15-24(13-14-28-20)19-9-7-17(8-10-19)11-12-23-22(26)29-16-18-5-3-2-4-6-18/h2-10,20H,11-16H2,1H3,(H,23,26). The molecule has 154 valence electrons. The van der Waals surface area contributed by atoms with Gasteiger partial charge in [-0.3, -0.25) is 0 Å². The monoisotopic (exact) mass is 398 g/mol. The molecule has 1 atom stereocenters. The van der Waals surface area contributed by atoms with E-state index in [0.717, 1.165) is 23.4 Å². The Morgan fingerprint density at radius 3 is 2.59 bits per heavy atom. The Bertz CT molecular complexity index is 795. The maximum atomic E-state index is 11.8. The number of methoxy groups -OCH3 is 1. The van der Waals surface area contributed by atoms with Crippen molar-refractivity contribution in [3.8, 4) is 0 Å². The van der Waals surface area contributed by atoms with Gasteiger partial charge < -0.3 is 24.4 Å². The molecule has 1 N–H and O–H groups in total. The number of morpholine rings is 1. The number of carbonyl (C=O) groups is 2. The topological polar surface area (TPSA) is 77.1 Å². The van der Waals surface area contributed by atoms with Crippen molar-refractivity contribution in [2.75, 3.05) is 38.3 Å². The highest BCUT2D eigenvalue weighted by molar-refractivity contribution is 5.75. The number of benzene rings is 2. The van der Waals surface area contributed by atoms with Crippen LogP contribution in [0.15, 0.2) is 54.6 Å². The van der Waals surface area contributed by atoms with Crippen LogP contribution >= 0.6 is 0 Å². The molecule has 2 aromatic rings. The maximum Gasteiger partial charge on any atom is 0.407 e. The number of nitrogens with one attached hydrogen (secondary N) is 1. The Kier molecular flexibility index (Phi) is 7.47. The second-order valence-electron chi connectivity index (χ2n) is 6.73. The van der Waals surface area contributed by atoms with E-state index in [-0.39, 0.29) is 12.6 Å². The largest absolute Gasteiger partial charge is 0.467 e. The van der Waals surface area contributed by atoms with Crippen molar-refractivity contribution in [2.45, 2.75) is 19.1 Å². The first-order valence-corrected chi connectivity index (χ1v) is 9.63. The normalized spacial score (nSPS) is 16.2. The van der Waals surface area contributed by atoms with E-state index in [0.29, 0.717) is 26.1 Å². The van der Waals surface area contributed by atoms with Gasteiger partial charge >= 0.3 is 12.1 Å². The van der Waals surface area contributed by atoms with Crippen LogP contribution in [0.4, 0.5) is 10.5 Å². The first-order chi connectivity index (χ1) is 14.2. The molecule has 1 fully saturated rings. The number of anilines is 1. The van der Waals surface area contributed by atoms with Crippen LogP contribution in [0.25, 0.3) is 0 Å². The van der Waals surface area contributed by atoms with Crippen molar-refractivity contribution in [1.29, 1.82) is 0 Å². The molecule has 7 nitrogen and oxygen atoms in total. The highest BCUT2D eigenvalue weighted by atomic mass is 16.6. The average molecular weight is 398 g/mol. The van der Waals surface area contributed by atoms with Crippen LogP contribution in [0, 0.1) is 0 Å². The van der Waals surface area contributed by atoms with Gasteiger partial charge in [-0.25, -0.2) is 9.59 Å². The van der Waals surface area contributed by atoms with Gasteiger partial charge in [-0.1, -0.05) is 42.5 Å². The third-order valence-electron chi connectivity index (χ3n) is 4.73. The lowest BCUT2D eigenvalue weighted by Gasteiger charge is -2.33.